The van der Waals surface area contributed by atoms with Crippen molar-refractivity contribution in [3.63, 3.8) is 0 Å². The summed E-state index contributed by atoms with van der Waals surface area (Å²) in [5.41, 5.74) is 3.18. The Labute approximate surface area is 184 Å². The van der Waals surface area contributed by atoms with Crippen molar-refractivity contribution in [3.05, 3.63) is 108 Å². The lowest BCUT2D eigenvalue weighted by Crippen LogP contribution is -2.31. The van der Waals surface area contributed by atoms with Gasteiger partial charge in [-0.15, -0.1) is 6.58 Å². The maximum absolute atomic E-state index is 13.1. The number of hydrogen-bond acceptors (Lipinski definition) is 3. The first-order valence-electron chi connectivity index (χ1n) is 9.92. The zero-order valence-electron chi connectivity index (χ0n) is 17.7. The minimum absolute atomic E-state index is 0.123. The summed E-state index contributed by atoms with van der Waals surface area (Å²) in [5.74, 6) is -0.131. The number of rotatable bonds is 8. The van der Waals surface area contributed by atoms with E-state index in [1.807, 2.05) is 31.2 Å². The Balaban J connectivity index is 1.80. The summed E-state index contributed by atoms with van der Waals surface area (Å²) in [6.45, 7) is 6.32. The second-order valence-corrected chi connectivity index (χ2v) is 9.19. The van der Waals surface area contributed by atoms with E-state index in [2.05, 4.69) is 6.58 Å². The van der Waals surface area contributed by atoms with E-state index in [1.165, 1.54) is 15.9 Å². The molecule has 0 unspecified atom stereocenters. The van der Waals surface area contributed by atoms with Gasteiger partial charge in [0, 0.05) is 19.2 Å². The highest BCUT2D eigenvalue weighted by Crippen LogP contribution is 2.24. The zero-order chi connectivity index (χ0) is 22.4. The molecule has 0 radical (unpaired) electrons. The standard InChI is InChI=1S/C25H26N2O3S/c1-4-18-27(31(29,30)24-8-6-5-7-9-24)23-16-14-22(15-17-23)25(28)26(3)19-21-12-10-20(2)11-13-21/h4-17H,1,18-19H2,2-3H3. The van der Waals surface area contributed by atoms with Gasteiger partial charge in [0.05, 0.1) is 17.1 Å². The smallest absolute Gasteiger partial charge is 0.264 e. The van der Waals surface area contributed by atoms with E-state index in [1.54, 1.807) is 66.5 Å². The van der Waals surface area contributed by atoms with Crippen LogP contribution in [0.2, 0.25) is 0 Å². The molecule has 3 aromatic rings. The number of amides is 1. The van der Waals surface area contributed by atoms with Crippen molar-refractivity contribution >= 4 is 21.6 Å². The van der Waals surface area contributed by atoms with Crippen LogP contribution in [0, 0.1) is 6.92 Å². The zero-order valence-corrected chi connectivity index (χ0v) is 18.5. The molecule has 0 saturated carbocycles. The molecule has 31 heavy (non-hydrogen) atoms. The van der Waals surface area contributed by atoms with Gasteiger partial charge >= 0.3 is 0 Å². The van der Waals surface area contributed by atoms with Crippen LogP contribution in [-0.2, 0) is 16.6 Å². The molecule has 0 aliphatic heterocycles. The van der Waals surface area contributed by atoms with Gasteiger partial charge in [0.1, 0.15) is 0 Å². The third kappa shape index (κ3) is 5.22. The summed E-state index contributed by atoms with van der Waals surface area (Å²) in [6, 6.07) is 22.9. The predicted octanol–water partition coefficient (Wildman–Crippen LogP) is 4.65. The van der Waals surface area contributed by atoms with E-state index in [4.69, 9.17) is 0 Å². The highest BCUT2D eigenvalue weighted by Gasteiger charge is 2.24. The fourth-order valence-electron chi connectivity index (χ4n) is 3.21. The predicted molar refractivity (Wildman–Crippen MR) is 125 cm³/mol. The number of hydrogen-bond donors (Lipinski definition) is 0. The van der Waals surface area contributed by atoms with Crippen LogP contribution in [-0.4, -0.2) is 32.8 Å². The Morgan fingerprint density at radius 1 is 0.935 bits per heavy atom. The van der Waals surface area contributed by atoms with Gasteiger partial charge in [0.25, 0.3) is 15.9 Å². The highest BCUT2D eigenvalue weighted by molar-refractivity contribution is 7.92. The lowest BCUT2D eigenvalue weighted by atomic mass is 10.1. The number of anilines is 1. The first-order valence-corrected chi connectivity index (χ1v) is 11.4. The van der Waals surface area contributed by atoms with Gasteiger partial charge in [-0.05, 0) is 48.9 Å². The van der Waals surface area contributed by atoms with Crippen molar-refractivity contribution in [2.24, 2.45) is 0 Å². The molecule has 0 heterocycles. The molecule has 0 N–H and O–H groups in total. The molecule has 3 aromatic carbocycles. The van der Waals surface area contributed by atoms with Crippen molar-refractivity contribution < 1.29 is 13.2 Å². The Morgan fingerprint density at radius 3 is 2.13 bits per heavy atom. The van der Waals surface area contributed by atoms with Crippen LogP contribution in [0.15, 0.2) is 96.4 Å². The van der Waals surface area contributed by atoms with Crippen LogP contribution in [0.3, 0.4) is 0 Å². The molecule has 0 fully saturated rings. The molecule has 0 aliphatic carbocycles. The van der Waals surface area contributed by atoms with Crippen molar-refractivity contribution in [2.75, 3.05) is 17.9 Å². The van der Waals surface area contributed by atoms with E-state index < -0.39 is 10.0 Å². The Bertz CT molecular complexity index is 1140. The lowest BCUT2D eigenvalue weighted by molar-refractivity contribution is 0.0785. The van der Waals surface area contributed by atoms with E-state index >= 15 is 0 Å². The summed E-state index contributed by atoms with van der Waals surface area (Å²) < 4.78 is 27.4. The normalized spacial score (nSPS) is 11.0. The average molecular weight is 435 g/mol. The van der Waals surface area contributed by atoms with Gasteiger partial charge in [0.2, 0.25) is 0 Å². The van der Waals surface area contributed by atoms with Crippen LogP contribution in [0.5, 0.6) is 0 Å². The van der Waals surface area contributed by atoms with Gasteiger partial charge in [-0.3, -0.25) is 9.10 Å². The molecule has 0 bridgehead atoms. The third-order valence-corrected chi connectivity index (χ3v) is 6.72. The fraction of sp³-hybridized carbons (Fsp3) is 0.160. The van der Waals surface area contributed by atoms with E-state index in [0.717, 1.165) is 5.56 Å². The van der Waals surface area contributed by atoms with Crippen LogP contribution in [0.25, 0.3) is 0 Å². The molecule has 6 heteroatoms. The van der Waals surface area contributed by atoms with E-state index in [9.17, 15) is 13.2 Å². The minimum Gasteiger partial charge on any atom is -0.337 e. The Hall–Kier alpha value is -3.38. The fourth-order valence-corrected chi connectivity index (χ4v) is 4.67. The maximum Gasteiger partial charge on any atom is 0.264 e. The van der Waals surface area contributed by atoms with Gasteiger partial charge in [-0.1, -0.05) is 54.1 Å². The van der Waals surface area contributed by atoms with Gasteiger partial charge in [0.15, 0.2) is 0 Å². The number of carbonyl (C=O) groups is 1. The molecule has 1 amide bonds. The van der Waals surface area contributed by atoms with Gasteiger partial charge < -0.3 is 4.90 Å². The molecular formula is C25H26N2O3S. The van der Waals surface area contributed by atoms with Crippen molar-refractivity contribution in [3.8, 4) is 0 Å². The number of aryl methyl sites for hydroxylation is 1. The van der Waals surface area contributed by atoms with Crippen molar-refractivity contribution in [2.45, 2.75) is 18.4 Å². The number of nitrogens with zero attached hydrogens (tertiary/aromatic N) is 2. The summed E-state index contributed by atoms with van der Waals surface area (Å²) in [4.78, 5) is 14.7. The van der Waals surface area contributed by atoms with Crippen LogP contribution in [0.4, 0.5) is 5.69 Å². The van der Waals surface area contributed by atoms with Gasteiger partial charge in [-0.25, -0.2) is 8.42 Å². The molecule has 160 valence electrons. The highest BCUT2D eigenvalue weighted by atomic mass is 32.2. The summed E-state index contributed by atoms with van der Waals surface area (Å²) >= 11 is 0. The van der Waals surface area contributed by atoms with Crippen molar-refractivity contribution in [1.82, 2.24) is 4.90 Å². The molecule has 0 saturated heterocycles. The lowest BCUT2D eigenvalue weighted by Gasteiger charge is -2.24. The Morgan fingerprint density at radius 2 is 1.55 bits per heavy atom. The van der Waals surface area contributed by atoms with Crippen molar-refractivity contribution in [1.29, 1.82) is 0 Å². The Kier molecular flexibility index (Phi) is 6.92. The molecule has 5 nitrogen and oxygen atoms in total. The molecular weight excluding hydrogens is 408 g/mol. The molecule has 0 atom stereocenters. The second kappa shape index (κ2) is 9.62. The quantitative estimate of drug-likeness (QED) is 0.485. The average Bonchev–Trinajstić information content (AvgIpc) is 2.79. The first kappa shape index (κ1) is 22.3. The van der Waals surface area contributed by atoms with Crippen LogP contribution >= 0.6 is 0 Å². The molecule has 0 aromatic heterocycles. The summed E-state index contributed by atoms with van der Waals surface area (Å²) in [6.07, 6.45) is 1.54. The van der Waals surface area contributed by atoms with E-state index in [-0.39, 0.29) is 17.3 Å². The SMILES string of the molecule is C=CCN(c1ccc(C(=O)N(C)Cc2ccc(C)cc2)cc1)S(=O)(=O)c1ccccc1. The molecule has 0 spiro atoms. The van der Waals surface area contributed by atoms with Crippen LogP contribution < -0.4 is 4.31 Å². The number of carbonyl (C=O) groups excluding carboxylic acids is 1. The van der Waals surface area contributed by atoms with Crippen LogP contribution in [0.1, 0.15) is 21.5 Å². The first-order chi connectivity index (χ1) is 14.8. The molecule has 3 rings (SSSR count). The number of benzene rings is 3. The summed E-state index contributed by atoms with van der Waals surface area (Å²) in [7, 11) is -1.99. The maximum atomic E-state index is 13.1. The third-order valence-electron chi connectivity index (χ3n) is 4.92. The van der Waals surface area contributed by atoms with Gasteiger partial charge in [-0.2, -0.15) is 0 Å². The monoisotopic (exact) mass is 434 g/mol. The summed E-state index contributed by atoms with van der Waals surface area (Å²) in [5, 5.41) is 0. The second-order valence-electron chi connectivity index (χ2n) is 7.33. The largest absolute Gasteiger partial charge is 0.337 e. The molecule has 0 aliphatic rings. The topological polar surface area (TPSA) is 57.7 Å². The van der Waals surface area contributed by atoms with E-state index in [0.29, 0.717) is 17.8 Å². The minimum atomic E-state index is -3.74. The number of sulfonamides is 1.